The summed E-state index contributed by atoms with van der Waals surface area (Å²) in [4.78, 5) is 18.0. The maximum atomic E-state index is 13.8. The standard InChI is InChI=1S/C28H40F3N3O3/c1-5-6-7-8-9-10-11-12-13-14-20-15-16-21(17-23(20)28(29,30)31)24-32-25(37-33-24)22-18-34(19-22)26(35)36-27(2,3)4/h15-17,22H,5-14,18-19H2,1-4H3. The van der Waals surface area contributed by atoms with Crippen molar-refractivity contribution < 1.29 is 27.2 Å². The normalized spacial score (nSPS) is 14.6. The van der Waals surface area contributed by atoms with E-state index in [1.54, 1.807) is 26.8 Å². The molecule has 6 nitrogen and oxygen atoms in total. The molecule has 2 aromatic rings. The summed E-state index contributed by atoms with van der Waals surface area (Å²) in [5, 5.41) is 3.91. The molecule has 9 heteroatoms. The Balaban J connectivity index is 1.55. The molecule has 0 radical (unpaired) electrons. The Bertz CT molecular complexity index is 1010. The number of carbonyl (C=O) groups is 1. The monoisotopic (exact) mass is 523 g/mol. The average molecular weight is 524 g/mol. The third kappa shape index (κ3) is 8.75. The van der Waals surface area contributed by atoms with E-state index >= 15 is 0 Å². The van der Waals surface area contributed by atoms with Gasteiger partial charge in [-0.05, 0) is 45.2 Å². The number of likely N-dealkylation sites (tertiary alicyclic amines) is 1. The minimum Gasteiger partial charge on any atom is -0.444 e. The topological polar surface area (TPSA) is 68.5 Å². The molecule has 2 heterocycles. The number of ether oxygens (including phenoxy) is 1. The Morgan fingerprint density at radius 3 is 2.24 bits per heavy atom. The second-order valence-electron chi connectivity index (χ2n) is 11.0. The summed E-state index contributed by atoms with van der Waals surface area (Å²) >= 11 is 0. The number of hydrogen-bond acceptors (Lipinski definition) is 5. The van der Waals surface area contributed by atoms with Gasteiger partial charge in [-0.3, -0.25) is 0 Å². The van der Waals surface area contributed by atoms with Gasteiger partial charge in [-0.15, -0.1) is 0 Å². The van der Waals surface area contributed by atoms with Crippen molar-refractivity contribution in [3.8, 4) is 11.4 Å². The van der Waals surface area contributed by atoms with Gasteiger partial charge in [0.05, 0.1) is 11.5 Å². The molecule has 0 atom stereocenters. The molecule has 3 rings (SSSR count). The number of carbonyl (C=O) groups excluding carboxylic acids is 1. The first kappa shape index (κ1) is 29.0. The number of aryl methyl sites for hydroxylation is 1. The van der Waals surface area contributed by atoms with Gasteiger partial charge in [-0.25, -0.2) is 4.79 Å². The lowest BCUT2D eigenvalue weighted by atomic mass is 9.97. The van der Waals surface area contributed by atoms with Gasteiger partial charge < -0.3 is 14.2 Å². The van der Waals surface area contributed by atoms with E-state index in [0.717, 1.165) is 31.7 Å². The quantitative estimate of drug-likeness (QED) is 0.263. The van der Waals surface area contributed by atoms with Crippen molar-refractivity contribution in [1.29, 1.82) is 0 Å². The molecule has 206 valence electrons. The van der Waals surface area contributed by atoms with E-state index in [-0.39, 0.29) is 17.3 Å². The van der Waals surface area contributed by atoms with Crippen molar-refractivity contribution in [2.75, 3.05) is 13.1 Å². The van der Waals surface area contributed by atoms with Crippen molar-refractivity contribution in [3.63, 3.8) is 0 Å². The predicted octanol–water partition coefficient (Wildman–Crippen LogP) is 8.16. The highest BCUT2D eigenvalue weighted by molar-refractivity contribution is 5.69. The molecule has 1 amide bonds. The largest absolute Gasteiger partial charge is 0.444 e. The maximum Gasteiger partial charge on any atom is 0.416 e. The molecule has 0 unspecified atom stereocenters. The number of nitrogens with zero attached hydrogens (tertiary/aromatic N) is 3. The van der Waals surface area contributed by atoms with E-state index in [2.05, 4.69) is 17.1 Å². The minimum atomic E-state index is -4.46. The highest BCUT2D eigenvalue weighted by atomic mass is 19.4. The number of alkyl halides is 3. The van der Waals surface area contributed by atoms with Crippen LogP contribution in [0.15, 0.2) is 22.7 Å². The van der Waals surface area contributed by atoms with E-state index < -0.39 is 23.4 Å². The van der Waals surface area contributed by atoms with Gasteiger partial charge in [0.15, 0.2) is 0 Å². The molecule has 0 aliphatic carbocycles. The first-order valence-electron chi connectivity index (χ1n) is 13.5. The summed E-state index contributed by atoms with van der Waals surface area (Å²) in [6.45, 7) is 8.30. The third-order valence-corrected chi connectivity index (χ3v) is 6.55. The highest BCUT2D eigenvalue weighted by Crippen LogP contribution is 2.36. The summed E-state index contributed by atoms with van der Waals surface area (Å²) in [6, 6.07) is 4.28. The van der Waals surface area contributed by atoms with Crippen molar-refractivity contribution in [1.82, 2.24) is 15.0 Å². The molecule has 1 fully saturated rings. The zero-order valence-electron chi connectivity index (χ0n) is 22.5. The van der Waals surface area contributed by atoms with Crippen LogP contribution in [0.5, 0.6) is 0 Å². The van der Waals surface area contributed by atoms with Crippen molar-refractivity contribution in [2.24, 2.45) is 0 Å². The SMILES string of the molecule is CCCCCCCCCCCc1ccc(-c2noc(C3CN(C(=O)OC(C)(C)C)C3)n2)cc1C(F)(F)F. The average Bonchev–Trinajstić information content (AvgIpc) is 3.24. The highest BCUT2D eigenvalue weighted by Gasteiger charge is 2.38. The molecule has 1 aromatic carbocycles. The first-order valence-corrected chi connectivity index (χ1v) is 13.5. The number of halogens is 3. The van der Waals surface area contributed by atoms with E-state index in [0.29, 0.717) is 31.0 Å². The van der Waals surface area contributed by atoms with Crippen molar-refractivity contribution in [3.05, 3.63) is 35.2 Å². The fraction of sp³-hybridized carbons (Fsp3) is 0.679. The number of rotatable bonds is 12. The Morgan fingerprint density at radius 2 is 1.65 bits per heavy atom. The zero-order chi connectivity index (χ0) is 27.1. The van der Waals surface area contributed by atoms with Crippen molar-refractivity contribution >= 4 is 6.09 Å². The van der Waals surface area contributed by atoms with Crippen LogP contribution in [0.4, 0.5) is 18.0 Å². The summed E-state index contributed by atoms with van der Waals surface area (Å²) < 4.78 is 52.2. The molecule has 1 saturated heterocycles. The van der Waals surface area contributed by atoms with Gasteiger partial charge >= 0.3 is 12.3 Å². The second-order valence-corrected chi connectivity index (χ2v) is 11.0. The lowest BCUT2D eigenvalue weighted by Crippen LogP contribution is -2.50. The van der Waals surface area contributed by atoms with Gasteiger partial charge in [-0.2, -0.15) is 18.2 Å². The van der Waals surface area contributed by atoms with Crippen LogP contribution in [0.2, 0.25) is 0 Å². The molecule has 0 bridgehead atoms. The molecule has 1 aliphatic rings. The number of benzene rings is 1. The lowest BCUT2D eigenvalue weighted by Gasteiger charge is -2.37. The molecule has 0 saturated carbocycles. The van der Waals surface area contributed by atoms with Crippen LogP contribution in [0.25, 0.3) is 11.4 Å². The summed E-state index contributed by atoms with van der Waals surface area (Å²) in [7, 11) is 0. The van der Waals surface area contributed by atoms with E-state index in [1.165, 1.54) is 43.1 Å². The van der Waals surface area contributed by atoms with Crippen LogP contribution in [0, 0.1) is 0 Å². The van der Waals surface area contributed by atoms with Crippen LogP contribution in [0.1, 0.15) is 108 Å². The zero-order valence-corrected chi connectivity index (χ0v) is 22.5. The second kappa shape index (κ2) is 12.8. The predicted molar refractivity (Wildman–Crippen MR) is 136 cm³/mol. The molecular formula is C28H40F3N3O3. The molecular weight excluding hydrogens is 483 g/mol. The Morgan fingerprint density at radius 1 is 1.03 bits per heavy atom. The van der Waals surface area contributed by atoms with Crippen molar-refractivity contribution in [2.45, 2.75) is 110 Å². The van der Waals surface area contributed by atoms with Gasteiger partial charge in [0.25, 0.3) is 0 Å². The number of unbranched alkanes of at least 4 members (excludes halogenated alkanes) is 8. The summed E-state index contributed by atoms with van der Waals surface area (Å²) in [5.74, 6) is 0.259. The number of hydrogen-bond donors (Lipinski definition) is 0. The van der Waals surface area contributed by atoms with Gasteiger partial charge in [0.1, 0.15) is 5.60 Å². The van der Waals surface area contributed by atoms with Gasteiger partial charge in [0, 0.05) is 18.7 Å². The van der Waals surface area contributed by atoms with Gasteiger partial charge in [0.2, 0.25) is 11.7 Å². The molecule has 37 heavy (non-hydrogen) atoms. The Hall–Kier alpha value is -2.58. The third-order valence-electron chi connectivity index (χ3n) is 6.55. The molecule has 1 aliphatic heterocycles. The van der Waals surface area contributed by atoms with Crippen LogP contribution < -0.4 is 0 Å². The summed E-state index contributed by atoms with van der Waals surface area (Å²) in [6.07, 6.45) is 5.61. The molecule has 0 spiro atoms. The van der Waals surface area contributed by atoms with E-state index in [4.69, 9.17) is 9.26 Å². The molecule has 1 aromatic heterocycles. The fourth-order valence-electron chi connectivity index (χ4n) is 4.45. The van der Waals surface area contributed by atoms with E-state index in [9.17, 15) is 18.0 Å². The summed E-state index contributed by atoms with van der Waals surface area (Å²) in [5.41, 5.74) is -0.664. The molecule has 0 N–H and O–H groups in total. The van der Waals surface area contributed by atoms with Gasteiger partial charge in [-0.1, -0.05) is 75.6 Å². The Kier molecular flexibility index (Phi) is 10.0. The maximum absolute atomic E-state index is 13.8. The fourth-order valence-corrected chi connectivity index (χ4v) is 4.45. The first-order chi connectivity index (χ1) is 17.5. The number of aromatic nitrogens is 2. The van der Waals surface area contributed by atoms with Crippen LogP contribution in [-0.4, -0.2) is 39.8 Å². The lowest BCUT2D eigenvalue weighted by molar-refractivity contribution is -0.138. The smallest absolute Gasteiger partial charge is 0.416 e. The van der Waals surface area contributed by atoms with Crippen LogP contribution in [-0.2, 0) is 17.3 Å². The van der Waals surface area contributed by atoms with E-state index in [1.807, 2.05) is 0 Å². The number of amides is 1. The minimum absolute atomic E-state index is 0.117. The van der Waals surface area contributed by atoms with Crippen LogP contribution in [0.3, 0.4) is 0 Å². The Labute approximate surface area is 217 Å². The van der Waals surface area contributed by atoms with Crippen LogP contribution >= 0.6 is 0 Å².